The van der Waals surface area contributed by atoms with Crippen LogP contribution in [0.15, 0.2) is 0 Å². The summed E-state index contributed by atoms with van der Waals surface area (Å²) >= 11 is 0. The Morgan fingerprint density at radius 1 is 1.50 bits per heavy atom. The van der Waals surface area contributed by atoms with E-state index in [4.69, 9.17) is 0 Å². The lowest BCUT2D eigenvalue weighted by molar-refractivity contribution is -0.144. The summed E-state index contributed by atoms with van der Waals surface area (Å²) in [5.41, 5.74) is 0. The molecule has 1 fully saturated rings. The zero-order valence-electron chi connectivity index (χ0n) is 8.32. The fourth-order valence-corrected chi connectivity index (χ4v) is 2.02. The minimum absolute atomic E-state index is 0.0117. The molecular formula is C9H15NO3S. The van der Waals surface area contributed by atoms with Crippen LogP contribution in [0.25, 0.3) is 0 Å². The number of carbonyl (C=O) groups is 2. The van der Waals surface area contributed by atoms with E-state index in [0.717, 1.165) is 12.8 Å². The maximum Gasteiger partial charge on any atom is 0.241 e. The van der Waals surface area contributed by atoms with Gasteiger partial charge < -0.3 is 0 Å². The SMILES string of the molecule is CCS(=O)CC(=O)N1CCCCC1=O. The Labute approximate surface area is 86.1 Å². The normalized spacial score (nSPS) is 19.5. The van der Waals surface area contributed by atoms with Gasteiger partial charge in [-0.05, 0) is 12.8 Å². The van der Waals surface area contributed by atoms with E-state index in [1.54, 1.807) is 6.92 Å². The number of rotatable bonds is 3. The van der Waals surface area contributed by atoms with Crippen LogP contribution in [-0.4, -0.2) is 39.0 Å². The molecule has 1 atom stereocenters. The molecule has 1 rings (SSSR count). The Balaban J connectivity index is 2.50. The first-order valence-electron chi connectivity index (χ1n) is 4.83. The third kappa shape index (κ3) is 2.90. The summed E-state index contributed by atoms with van der Waals surface area (Å²) in [6.07, 6.45) is 2.18. The van der Waals surface area contributed by atoms with Crippen LogP contribution in [0.5, 0.6) is 0 Å². The minimum atomic E-state index is -1.12. The van der Waals surface area contributed by atoms with E-state index in [2.05, 4.69) is 0 Å². The highest BCUT2D eigenvalue weighted by molar-refractivity contribution is 7.85. The molecule has 0 aromatic carbocycles. The van der Waals surface area contributed by atoms with E-state index in [1.165, 1.54) is 4.90 Å². The predicted octanol–water partition coefficient (Wildman–Crippen LogP) is 0.294. The van der Waals surface area contributed by atoms with Crippen LogP contribution in [-0.2, 0) is 20.4 Å². The lowest BCUT2D eigenvalue weighted by Crippen LogP contribution is -2.42. The second-order valence-electron chi connectivity index (χ2n) is 3.27. The number of hydrogen-bond donors (Lipinski definition) is 0. The average Bonchev–Trinajstić information content (AvgIpc) is 2.18. The van der Waals surface area contributed by atoms with Crippen LogP contribution in [0, 0.1) is 0 Å². The molecule has 5 heteroatoms. The van der Waals surface area contributed by atoms with Crippen molar-refractivity contribution in [3.8, 4) is 0 Å². The van der Waals surface area contributed by atoms with Crippen molar-refractivity contribution in [2.45, 2.75) is 26.2 Å². The number of imide groups is 1. The van der Waals surface area contributed by atoms with Crippen molar-refractivity contribution in [2.24, 2.45) is 0 Å². The molecule has 1 aliphatic rings. The molecule has 0 radical (unpaired) electrons. The van der Waals surface area contributed by atoms with Gasteiger partial charge in [0.1, 0.15) is 5.75 Å². The van der Waals surface area contributed by atoms with E-state index in [9.17, 15) is 13.8 Å². The van der Waals surface area contributed by atoms with Gasteiger partial charge in [-0.1, -0.05) is 6.92 Å². The lowest BCUT2D eigenvalue weighted by Gasteiger charge is -2.24. The predicted molar refractivity (Wildman–Crippen MR) is 54.1 cm³/mol. The molecule has 0 aromatic rings. The third-order valence-corrected chi connectivity index (χ3v) is 3.44. The van der Waals surface area contributed by atoms with Gasteiger partial charge in [0, 0.05) is 29.5 Å². The summed E-state index contributed by atoms with van der Waals surface area (Å²) < 4.78 is 11.1. The fourth-order valence-electron chi connectivity index (χ4n) is 1.39. The van der Waals surface area contributed by atoms with Crippen molar-refractivity contribution in [3.05, 3.63) is 0 Å². The smallest absolute Gasteiger partial charge is 0.241 e. The van der Waals surface area contributed by atoms with Gasteiger partial charge in [-0.3, -0.25) is 18.7 Å². The van der Waals surface area contributed by atoms with Crippen LogP contribution >= 0.6 is 0 Å². The van der Waals surface area contributed by atoms with Crippen molar-refractivity contribution in [1.82, 2.24) is 4.90 Å². The quantitative estimate of drug-likeness (QED) is 0.683. The van der Waals surface area contributed by atoms with E-state index >= 15 is 0 Å². The first kappa shape index (κ1) is 11.4. The topological polar surface area (TPSA) is 54.5 Å². The van der Waals surface area contributed by atoms with Crippen LogP contribution in [0.4, 0.5) is 0 Å². The summed E-state index contributed by atoms with van der Waals surface area (Å²) in [7, 11) is -1.12. The van der Waals surface area contributed by atoms with Crippen molar-refractivity contribution >= 4 is 22.6 Å². The average molecular weight is 217 g/mol. The van der Waals surface area contributed by atoms with Crippen molar-refractivity contribution < 1.29 is 13.8 Å². The highest BCUT2D eigenvalue weighted by Gasteiger charge is 2.24. The van der Waals surface area contributed by atoms with Crippen LogP contribution < -0.4 is 0 Å². The molecule has 1 unspecified atom stereocenters. The molecule has 4 nitrogen and oxygen atoms in total. The summed E-state index contributed by atoms with van der Waals surface area (Å²) in [5.74, 6) is 0.0555. The Bertz CT molecular complexity index is 265. The van der Waals surface area contributed by atoms with Crippen molar-refractivity contribution in [1.29, 1.82) is 0 Å². The molecule has 0 spiro atoms. The molecular weight excluding hydrogens is 202 g/mol. The molecule has 0 bridgehead atoms. The third-order valence-electron chi connectivity index (χ3n) is 2.23. The first-order valence-corrected chi connectivity index (χ1v) is 6.32. The van der Waals surface area contributed by atoms with E-state index in [1.807, 2.05) is 0 Å². The maximum atomic E-state index is 11.5. The van der Waals surface area contributed by atoms with Gasteiger partial charge in [0.25, 0.3) is 0 Å². The number of likely N-dealkylation sites (tertiary alicyclic amines) is 1. The molecule has 1 aliphatic heterocycles. The zero-order valence-corrected chi connectivity index (χ0v) is 9.14. The monoisotopic (exact) mass is 217 g/mol. The van der Waals surface area contributed by atoms with Gasteiger partial charge in [0.2, 0.25) is 11.8 Å². The largest absolute Gasteiger partial charge is 0.282 e. The fraction of sp³-hybridized carbons (Fsp3) is 0.778. The molecule has 0 N–H and O–H groups in total. The lowest BCUT2D eigenvalue weighted by atomic mass is 10.1. The van der Waals surface area contributed by atoms with E-state index in [-0.39, 0.29) is 17.6 Å². The molecule has 1 saturated heterocycles. The van der Waals surface area contributed by atoms with Gasteiger partial charge in [0.15, 0.2) is 0 Å². The standard InChI is InChI=1S/C9H15NO3S/c1-2-14(13)7-9(12)10-6-4-3-5-8(10)11/h2-7H2,1H3. The van der Waals surface area contributed by atoms with Gasteiger partial charge in [-0.15, -0.1) is 0 Å². The van der Waals surface area contributed by atoms with E-state index < -0.39 is 10.8 Å². The van der Waals surface area contributed by atoms with Crippen LogP contribution in [0.3, 0.4) is 0 Å². The summed E-state index contributed by atoms with van der Waals surface area (Å²) in [6.45, 7) is 2.26. The second-order valence-corrected chi connectivity index (χ2v) is 5.01. The molecule has 14 heavy (non-hydrogen) atoms. The molecule has 0 saturated carbocycles. The highest BCUT2D eigenvalue weighted by Crippen LogP contribution is 2.10. The van der Waals surface area contributed by atoms with Crippen molar-refractivity contribution in [3.63, 3.8) is 0 Å². The Morgan fingerprint density at radius 3 is 2.79 bits per heavy atom. The van der Waals surface area contributed by atoms with Gasteiger partial charge in [0.05, 0.1) is 0 Å². The summed E-state index contributed by atoms with van der Waals surface area (Å²) in [5, 5.41) is 0. The van der Waals surface area contributed by atoms with Crippen LogP contribution in [0.2, 0.25) is 0 Å². The maximum absolute atomic E-state index is 11.5. The Hall–Kier alpha value is -0.710. The first-order chi connectivity index (χ1) is 6.65. The Morgan fingerprint density at radius 2 is 2.21 bits per heavy atom. The van der Waals surface area contributed by atoms with E-state index in [0.29, 0.717) is 18.7 Å². The second kappa shape index (κ2) is 5.24. The molecule has 0 aromatic heterocycles. The highest BCUT2D eigenvalue weighted by atomic mass is 32.2. The molecule has 80 valence electrons. The van der Waals surface area contributed by atoms with Crippen LogP contribution in [0.1, 0.15) is 26.2 Å². The molecule has 0 aliphatic carbocycles. The zero-order chi connectivity index (χ0) is 10.6. The van der Waals surface area contributed by atoms with Gasteiger partial charge in [-0.25, -0.2) is 0 Å². The summed E-state index contributed by atoms with van der Waals surface area (Å²) in [4.78, 5) is 24.0. The summed E-state index contributed by atoms with van der Waals surface area (Å²) in [6, 6.07) is 0. The Kier molecular flexibility index (Phi) is 4.25. The number of piperidine rings is 1. The van der Waals surface area contributed by atoms with Gasteiger partial charge in [-0.2, -0.15) is 0 Å². The number of carbonyl (C=O) groups excluding carboxylic acids is 2. The van der Waals surface area contributed by atoms with Gasteiger partial charge >= 0.3 is 0 Å². The molecule has 2 amide bonds. The number of hydrogen-bond acceptors (Lipinski definition) is 3. The molecule has 1 heterocycles. The van der Waals surface area contributed by atoms with Crippen molar-refractivity contribution in [2.75, 3.05) is 18.1 Å². The number of nitrogens with zero attached hydrogens (tertiary/aromatic N) is 1. The number of amides is 2. The minimum Gasteiger partial charge on any atom is -0.282 e.